The number of nitrogens with one attached hydrogen (secondary N) is 1. The Morgan fingerprint density at radius 2 is 2.19 bits per heavy atom. The van der Waals surface area contributed by atoms with E-state index in [9.17, 15) is 4.39 Å². The Bertz CT molecular complexity index is 818. The van der Waals surface area contributed by atoms with Crippen molar-refractivity contribution < 1.29 is 4.39 Å². The van der Waals surface area contributed by atoms with Gasteiger partial charge in [0.1, 0.15) is 4.83 Å². The summed E-state index contributed by atoms with van der Waals surface area (Å²) < 4.78 is 14.1. The first kappa shape index (κ1) is 14.2. The summed E-state index contributed by atoms with van der Waals surface area (Å²) in [5.41, 5.74) is 2.81. The molecule has 0 bridgehead atoms. The Labute approximate surface area is 129 Å². The van der Waals surface area contributed by atoms with Crippen molar-refractivity contribution in [2.75, 3.05) is 5.43 Å². The van der Waals surface area contributed by atoms with Crippen LogP contribution in [0.3, 0.4) is 0 Å². The van der Waals surface area contributed by atoms with Crippen LogP contribution in [0.25, 0.3) is 21.6 Å². The van der Waals surface area contributed by atoms with Gasteiger partial charge in [-0.2, -0.15) is 0 Å². The van der Waals surface area contributed by atoms with Crippen molar-refractivity contribution in [1.29, 1.82) is 0 Å². The van der Waals surface area contributed by atoms with Gasteiger partial charge in [-0.3, -0.25) is 0 Å². The van der Waals surface area contributed by atoms with Gasteiger partial charge in [-0.25, -0.2) is 20.2 Å². The number of fused-ring (bicyclic) bond motifs is 1. The number of hydrazine groups is 1. The van der Waals surface area contributed by atoms with Crippen molar-refractivity contribution >= 4 is 39.0 Å². The Morgan fingerprint density at radius 3 is 2.90 bits per heavy atom. The zero-order valence-corrected chi connectivity index (χ0v) is 12.7. The van der Waals surface area contributed by atoms with E-state index in [2.05, 4.69) is 22.3 Å². The van der Waals surface area contributed by atoms with Crippen LogP contribution in [-0.4, -0.2) is 9.97 Å². The van der Waals surface area contributed by atoms with E-state index in [0.29, 0.717) is 5.82 Å². The molecule has 2 heterocycles. The summed E-state index contributed by atoms with van der Waals surface area (Å²) in [4.78, 5) is 10.7. The number of nitrogens with zero attached hydrogens (tertiary/aromatic N) is 2. The van der Waals surface area contributed by atoms with E-state index in [1.165, 1.54) is 10.9 Å². The third kappa shape index (κ3) is 2.46. The summed E-state index contributed by atoms with van der Waals surface area (Å²) in [7, 11) is 0. The van der Waals surface area contributed by atoms with Crippen molar-refractivity contribution in [1.82, 2.24) is 9.97 Å². The van der Waals surface area contributed by atoms with Crippen LogP contribution in [0.2, 0.25) is 5.02 Å². The molecule has 0 aliphatic heterocycles. The van der Waals surface area contributed by atoms with Gasteiger partial charge in [0, 0.05) is 4.88 Å². The van der Waals surface area contributed by atoms with Crippen LogP contribution in [0.5, 0.6) is 0 Å². The van der Waals surface area contributed by atoms with Gasteiger partial charge >= 0.3 is 0 Å². The molecule has 2 aromatic heterocycles. The molecule has 4 nitrogen and oxygen atoms in total. The molecule has 0 saturated heterocycles. The first-order valence-corrected chi connectivity index (χ1v) is 7.55. The lowest BCUT2D eigenvalue weighted by Crippen LogP contribution is -2.10. The predicted molar refractivity (Wildman–Crippen MR) is 85.0 cm³/mol. The number of rotatable bonds is 3. The SMILES string of the molecule is CCc1cc2c(NN)nc(-c3cccc(Cl)c3F)nc2s1. The molecule has 108 valence electrons. The fourth-order valence-electron chi connectivity index (χ4n) is 2.05. The molecular weight excluding hydrogens is 311 g/mol. The fourth-order valence-corrected chi connectivity index (χ4v) is 3.19. The highest BCUT2D eigenvalue weighted by Gasteiger charge is 2.15. The van der Waals surface area contributed by atoms with Crippen LogP contribution < -0.4 is 11.3 Å². The molecule has 0 fully saturated rings. The number of aryl methyl sites for hydroxylation is 1. The monoisotopic (exact) mass is 322 g/mol. The maximum absolute atomic E-state index is 14.1. The Hall–Kier alpha value is -1.76. The van der Waals surface area contributed by atoms with Crippen molar-refractivity contribution in [3.8, 4) is 11.4 Å². The van der Waals surface area contributed by atoms with Gasteiger partial charge in [0.2, 0.25) is 0 Å². The van der Waals surface area contributed by atoms with Crippen LogP contribution in [0, 0.1) is 5.82 Å². The standard InChI is InChI=1S/C14H12ClFN4S/c1-2-7-6-9-13(20-17)18-12(19-14(9)21-7)8-4-3-5-10(15)11(8)16/h3-6H,2,17H2,1H3,(H,18,19,20). The maximum Gasteiger partial charge on any atom is 0.166 e. The molecule has 0 aliphatic rings. The van der Waals surface area contributed by atoms with Crippen LogP contribution in [-0.2, 0) is 6.42 Å². The van der Waals surface area contributed by atoms with E-state index >= 15 is 0 Å². The predicted octanol–water partition coefficient (Wildman–Crippen LogP) is 4.00. The number of anilines is 1. The Balaban J connectivity index is 2.26. The van der Waals surface area contributed by atoms with Gasteiger partial charge < -0.3 is 5.43 Å². The smallest absolute Gasteiger partial charge is 0.166 e. The second kappa shape index (κ2) is 5.55. The molecule has 3 N–H and O–H groups in total. The first-order valence-electron chi connectivity index (χ1n) is 6.35. The highest BCUT2D eigenvalue weighted by atomic mass is 35.5. The lowest BCUT2D eigenvalue weighted by Gasteiger charge is -2.06. The topological polar surface area (TPSA) is 63.8 Å². The summed E-state index contributed by atoms with van der Waals surface area (Å²) >= 11 is 7.36. The normalized spacial score (nSPS) is 11.0. The lowest BCUT2D eigenvalue weighted by molar-refractivity contribution is 0.630. The molecule has 0 spiro atoms. The van der Waals surface area contributed by atoms with E-state index in [4.69, 9.17) is 17.4 Å². The molecule has 21 heavy (non-hydrogen) atoms. The molecular formula is C14H12ClFN4S. The van der Waals surface area contributed by atoms with Crippen LogP contribution >= 0.6 is 22.9 Å². The second-order valence-electron chi connectivity index (χ2n) is 4.43. The number of hydrogen-bond acceptors (Lipinski definition) is 5. The molecule has 0 saturated carbocycles. The Kier molecular flexibility index (Phi) is 3.75. The highest BCUT2D eigenvalue weighted by molar-refractivity contribution is 7.18. The van der Waals surface area contributed by atoms with Crippen molar-refractivity contribution in [3.05, 3.63) is 40.0 Å². The highest BCUT2D eigenvalue weighted by Crippen LogP contribution is 2.33. The van der Waals surface area contributed by atoms with E-state index in [1.807, 2.05) is 6.07 Å². The van der Waals surface area contributed by atoms with Crippen LogP contribution in [0.15, 0.2) is 24.3 Å². The summed E-state index contributed by atoms with van der Waals surface area (Å²) in [6, 6.07) is 6.74. The molecule has 0 amide bonds. The molecule has 3 rings (SSSR count). The average molecular weight is 323 g/mol. The minimum atomic E-state index is -0.534. The maximum atomic E-state index is 14.1. The summed E-state index contributed by atoms with van der Waals surface area (Å²) in [5, 5.41) is 0.879. The van der Waals surface area contributed by atoms with E-state index < -0.39 is 5.82 Å². The molecule has 0 unspecified atom stereocenters. The van der Waals surface area contributed by atoms with E-state index in [-0.39, 0.29) is 16.4 Å². The average Bonchev–Trinajstić information content (AvgIpc) is 2.92. The quantitative estimate of drug-likeness (QED) is 0.565. The minimum Gasteiger partial charge on any atom is -0.308 e. The molecule has 1 aromatic carbocycles. The third-order valence-electron chi connectivity index (χ3n) is 3.12. The summed E-state index contributed by atoms with van der Waals surface area (Å²) in [5.74, 6) is 5.73. The zero-order chi connectivity index (χ0) is 15.0. The van der Waals surface area contributed by atoms with Crippen LogP contribution in [0.4, 0.5) is 10.2 Å². The summed E-state index contributed by atoms with van der Waals surface area (Å²) in [6.07, 6.45) is 0.895. The number of nitrogen functional groups attached to an aromatic ring is 1. The van der Waals surface area contributed by atoms with E-state index in [1.54, 1.807) is 23.5 Å². The van der Waals surface area contributed by atoms with Gasteiger partial charge in [-0.15, -0.1) is 11.3 Å². The number of nitrogens with two attached hydrogens (primary N) is 1. The largest absolute Gasteiger partial charge is 0.308 e. The van der Waals surface area contributed by atoms with Gasteiger partial charge in [-0.05, 0) is 24.6 Å². The number of benzene rings is 1. The van der Waals surface area contributed by atoms with Crippen molar-refractivity contribution in [2.24, 2.45) is 5.84 Å². The second-order valence-corrected chi connectivity index (χ2v) is 5.95. The number of halogens is 2. The molecule has 0 aliphatic carbocycles. The molecule has 0 atom stereocenters. The minimum absolute atomic E-state index is 0.0406. The summed E-state index contributed by atoms with van der Waals surface area (Å²) in [6.45, 7) is 2.06. The fraction of sp³-hybridized carbons (Fsp3) is 0.143. The number of thiophene rings is 1. The van der Waals surface area contributed by atoms with E-state index in [0.717, 1.165) is 16.6 Å². The number of hydrogen-bond donors (Lipinski definition) is 2. The molecule has 3 aromatic rings. The van der Waals surface area contributed by atoms with Gasteiger partial charge in [0.05, 0.1) is 16.0 Å². The zero-order valence-electron chi connectivity index (χ0n) is 11.2. The lowest BCUT2D eigenvalue weighted by atomic mass is 10.2. The van der Waals surface area contributed by atoms with Gasteiger partial charge in [0.15, 0.2) is 17.5 Å². The van der Waals surface area contributed by atoms with Crippen molar-refractivity contribution in [2.45, 2.75) is 13.3 Å². The van der Waals surface area contributed by atoms with Crippen LogP contribution in [0.1, 0.15) is 11.8 Å². The Morgan fingerprint density at radius 1 is 1.38 bits per heavy atom. The number of aromatic nitrogens is 2. The first-order chi connectivity index (χ1) is 10.1. The molecule has 0 radical (unpaired) electrons. The third-order valence-corrected chi connectivity index (χ3v) is 4.59. The molecule has 7 heteroatoms. The van der Waals surface area contributed by atoms with Gasteiger partial charge in [-0.1, -0.05) is 24.6 Å². The van der Waals surface area contributed by atoms with Crippen molar-refractivity contribution in [3.63, 3.8) is 0 Å². The van der Waals surface area contributed by atoms with Gasteiger partial charge in [0.25, 0.3) is 0 Å².